The molecule has 3 aromatic carbocycles. The highest BCUT2D eigenvalue weighted by Crippen LogP contribution is 2.47. The lowest BCUT2D eigenvalue weighted by molar-refractivity contribution is 0.423. The van der Waals surface area contributed by atoms with Crippen LogP contribution in [0, 0.1) is 23.7 Å². The number of hydrogen-bond donors (Lipinski definition) is 2. The molecule has 4 aliphatic carbocycles. The van der Waals surface area contributed by atoms with Crippen molar-refractivity contribution in [1.29, 1.82) is 0 Å². The van der Waals surface area contributed by atoms with Crippen molar-refractivity contribution in [3.8, 4) is 0 Å². The largest absolute Gasteiger partial charge is 0.368 e. The van der Waals surface area contributed by atoms with Crippen molar-refractivity contribution >= 4 is 22.5 Å². The zero-order valence-electron chi connectivity index (χ0n) is 32.3. The molecule has 0 spiro atoms. The number of para-hydroxylation sites is 1. The first kappa shape index (κ1) is 36.4. The number of benzene rings is 3. The van der Waals surface area contributed by atoms with Crippen LogP contribution in [0.4, 0.5) is 11.4 Å². The molecule has 0 bridgehead atoms. The molecule has 276 valence electrons. The predicted octanol–water partition coefficient (Wildman–Crippen LogP) is 13.9. The average molecular weight is 719 g/mol. The number of nitrogens with one attached hydrogen (secondary N) is 2. The summed E-state index contributed by atoms with van der Waals surface area (Å²) in [6.45, 7) is 11.4. The van der Waals surface area contributed by atoms with Gasteiger partial charge in [0.1, 0.15) is 0 Å². The highest BCUT2D eigenvalue weighted by atomic mass is 14.9. The van der Waals surface area contributed by atoms with E-state index in [0.717, 1.165) is 50.6 Å². The van der Waals surface area contributed by atoms with Crippen LogP contribution in [-0.4, -0.2) is 0 Å². The van der Waals surface area contributed by atoms with E-state index in [1.54, 1.807) is 0 Å². The molecule has 2 heteroatoms. The number of hydrogen-bond acceptors (Lipinski definition) is 2. The Morgan fingerprint density at radius 3 is 2.29 bits per heavy atom. The molecule has 2 nitrogen and oxygen atoms in total. The van der Waals surface area contributed by atoms with E-state index in [-0.39, 0.29) is 5.92 Å². The van der Waals surface area contributed by atoms with Crippen LogP contribution in [0.2, 0.25) is 0 Å². The summed E-state index contributed by atoms with van der Waals surface area (Å²) in [5, 5.41) is 7.19. The van der Waals surface area contributed by atoms with Gasteiger partial charge in [0.25, 0.3) is 0 Å². The van der Waals surface area contributed by atoms with Crippen molar-refractivity contribution in [3.05, 3.63) is 216 Å². The minimum absolute atomic E-state index is 0.221. The normalized spacial score (nSPS) is 27.3. The van der Waals surface area contributed by atoms with E-state index in [1.165, 1.54) is 61.4 Å². The van der Waals surface area contributed by atoms with Gasteiger partial charge in [-0.2, -0.15) is 0 Å². The summed E-state index contributed by atoms with van der Waals surface area (Å²) in [5.74, 6) is 1.98. The van der Waals surface area contributed by atoms with Crippen LogP contribution < -0.4 is 10.6 Å². The van der Waals surface area contributed by atoms with Crippen LogP contribution in [-0.2, 0) is 0 Å². The Bertz CT molecular complexity index is 2200. The van der Waals surface area contributed by atoms with Crippen LogP contribution in [0.1, 0.15) is 74.5 Å². The highest BCUT2D eigenvalue weighted by Gasteiger charge is 2.36. The first-order valence-electron chi connectivity index (χ1n) is 20.4. The molecule has 8 rings (SSSR count). The van der Waals surface area contributed by atoms with Crippen molar-refractivity contribution < 1.29 is 0 Å². The number of rotatable bonds is 8. The van der Waals surface area contributed by atoms with Crippen LogP contribution in [0.25, 0.3) is 11.1 Å². The summed E-state index contributed by atoms with van der Waals surface area (Å²) in [7, 11) is 0. The van der Waals surface area contributed by atoms with Gasteiger partial charge < -0.3 is 10.6 Å². The van der Waals surface area contributed by atoms with Crippen molar-refractivity contribution in [2.24, 2.45) is 23.7 Å². The van der Waals surface area contributed by atoms with Gasteiger partial charge in [0.05, 0.1) is 0 Å². The summed E-state index contributed by atoms with van der Waals surface area (Å²) in [6, 6.07) is 28.6. The summed E-state index contributed by atoms with van der Waals surface area (Å²) in [4.78, 5) is 0. The van der Waals surface area contributed by atoms with Gasteiger partial charge in [-0.15, -0.1) is 6.58 Å². The Morgan fingerprint density at radius 2 is 1.55 bits per heavy atom. The number of allylic oxidation sites excluding steroid dienone is 18. The Labute approximate surface area is 329 Å². The minimum Gasteiger partial charge on any atom is -0.368 e. The summed E-state index contributed by atoms with van der Waals surface area (Å²) >= 11 is 0. The number of anilines is 2. The smallest absolute Gasteiger partial charge is 0.0460 e. The van der Waals surface area contributed by atoms with E-state index >= 15 is 0 Å². The van der Waals surface area contributed by atoms with E-state index in [2.05, 4.69) is 182 Å². The topological polar surface area (TPSA) is 24.1 Å². The molecule has 55 heavy (non-hydrogen) atoms. The monoisotopic (exact) mass is 718 g/mol. The van der Waals surface area contributed by atoms with Gasteiger partial charge in [0.15, 0.2) is 0 Å². The van der Waals surface area contributed by atoms with Crippen molar-refractivity contribution in [1.82, 2.24) is 5.32 Å². The zero-order chi connectivity index (χ0) is 37.6. The molecular formula is C53H54N2. The van der Waals surface area contributed by atoms with Gasteiger partial charge in [-0.1, -0.05) is 134 Å². The van der Waals surface area contributed by atoms with E-state index in [0.29, 0.717) is 23.7 Å². The molecule has 2 N–H and O–H groups in total. The SMILES string of the molecule is C=C[C@H]1/C=C/N/C=C\C(C2=CC=C(c3ccc(Nc4ccccc4)c(C4=CCC(c5ccccc5)C(C)C4)c3)CC2)=C/C(=C)C2CC=C(C3=CCCC=C3)C21. The Balaban J connectivity index is 1.08. The Kier molecular flexibility index (Phi) is 11.1. The van der Waals surface area contributed by atoms with Crippen LogP contribution in [0.3, 0.4) is 0 Å². The van der Waals surface area contributed by atoms with Gasteiger partial charge in [-0.05, 0) is 144 Å². The summed E-state index contributed by atoms with van der Waals surface area (Å²) in [5.41, 5.74) is 15.8. The predicted molar refractivity (Wildman–Crippen MR) is 235 cm³/mol. The molecule has 3 aromatic rings. The lowest BCUT2D eigenvalue weighted by atomic mass is 9.74. The fraction of sp³-hybridized carbons (Fsp3) is 0.245. The third-order valence-electron chi connectivity index (χ3n) is 12.4. The molecule has 1 aliphatic heterocycles. The number of fused-ring (bicyclic) bond motifs is 1. The van der Waals surface area contributed by atoms with Gasteiger partial charge in [0.2, 0.25) is 0 Å². The highest BCUT2D eigenvalue weighted by molar-refractivity contribution is 5.83. The third kappa shape index (κ3) is 8.10. The van der Waals surface area contributed by atoms with Gasteiger partial charge in [-0.25, -0.2) is 0 Å². The second-order valence-corrected chi connectivity index (χ2v) is 15.8. The molecule has 0 radical (unpaired) electrons. The average Bonchev–Trinajstić information content (AvgIpc) is 3.67. The van der Waals surface area contributed by atoms with E-state index in [9.17, 15) is 0 Å². The molecule has 0 amide bonds. The van der Waals surface area contributed by atoms with Crippen LogP contribution in [0.5, 0.6) is 0 Å². The first-order chi connectivity index (χ1) is 27.1. The second kappa shape index (κ2) is 16.8. The quantitative estimate of drug-likeness (QED) is 0.227. The van der Waals surface area contributed by atoms with Gasteiger partial charge in [-0.3, -0.25) is 0 Å². The molecule has 5 aliphatic rings. The van der Waals surface area contributed by atoms with Crippen LogP contribution in [0.15, 0.2) is 199 Å². The summed E-state index contributed by atoms with van der Waals surface area (Å²) in [6.07, 6.45) is 37.1. The molecular weight excluding hydrogens is 665 g/mol. The fourth-order valence-corrected chi connectivity index (χ4v) is 9.38. The standard InChI is InChI=1S/C53H54N2/c1-4-39-30-32-54-33-31-45(34-38(3)49-27-28-50(53(39)49)43-16-10-6-11-17-43)41-22-20-40(21-23-41)44-25-29-52(55-47-18-12-7-13-19-47)51(36-44)46-24-26-48(37(2)35-46)42-14-8-5-9-15-42/h4-5,7-10,12-20,22,24-25,28-34,36-37,39,48-49,53-55H,1,3,6,11,21,23,26-27,35H2,2H3/b32-30+,33-31-,45-34+/t37?,39-,48?,49?,53?/m0/s1. The molecule has 0 aromatic heterocycles. The van der Waals surface area contributed by atoms with Crippen molar-refractivity contribution in [3.63, 3.8) is 0 Å². The van der Waals surface area contributed by atoms with Gasteiger partial charge in [0, 0.05) is 35.0 Å². The van der Waals surface area contributed by atoms with E-state index in [1.807, 2.05) is 0 Å². The molecule has 0 saturated heterocycles. The van der Waals surface area contributed by atoms with Crippen LogP contribution >= 0.6 is 0 Å². The minimum atomic E-state index is 0.221. The Hall–Kier alpha value is -5.60. The second-order valence-electron chi connectivity index (χ2n) is 15.8. The fourth-order valence-electron chi connectivity index (χ4n) is 9.38. The van der Waals surface area contributed by atoms with Crippen molar-refractivity contribution in [2.45, 2.75) is 57.8 Å². The van der Waals surface area contributed by atoms with E-state index in [4.69, 9.17) is 6.58 Å². The Morgan fingerprint density at radius 1 is 0.764 bits per heavy atom. The van der Waals surface area contributed by atoms with Gasteiger partial charge >= 0.3 is 0 Å². The molecule has 5 atom stereocenters. The maximum atomic E-state index is 4.72. The lowest BCUT2D eigenvalue weighted by Crippen LogP contribution is -2.21. The van der Waals surface area contributed by atoms with Crippen molar-refractivity contribution in [2.75, 3.05) is 5.32 Å². The third-order valence-corrected chi connectivity index (χ3v) is 12.4. The zero-order valence-corrected chi connectivity index (χ0v) is 32.3. The maximum absolute atomic E-state index is 4.72. The molecule has 0 fully saturated rings. The van der Waals surface area contributed by atoms with E-state index < -0.39 is 0 Å². The lowest BCUT2D eigenvalue weighted by Gasteiger charge is -2.30. The molecule has 4 unspecified atom stereocenters. The molecule has 1 heterocycles. The first-order valence-corrected chi connectivity index (χ1v) is 20.4. The summed E-state index contributed by atoms with van der Waals surface area (Å²) < 4.78 is 0. The molecule has 0 saturated carbocycles. The maximum Gasteiger partial charge on any atom is 0.0460 e.